The van der Waals surface area contributed by atoms with Crippen LogP contribution in [-0.2, 0) is 20.0 Å². The molecule has 5 heteroatoms. The third-order valence-corrected chi connectivity index (χ3v) is 3.97. The lowest BCUT2D eigenvalue weighted by molar-refractivity contribution is 0.692. The van der Waals surface area contributed by atoms with Gasteiger partial charge in [-0.2, -0.15) is 5.10 Å². The van der Waals surface area contributed by atoms with E-state index < -0.39 is 0 Å². The van der Waals surface area contributed by atoms with E-state index in [4.69, 9.17) is 0 Å². The molecule has 2 heterocycles. The first-order valence-electron chi connectivity index (χ1n) is 5.15. The van der Waals surface area contributed by atoms with Gasteiger partial charge in [-0.05, 0) is 40.5 Å². The highest BCUT2D eigenvalue weighted by Gasteiger charge is 1.98. The van der Waals surface area contributed by atoms with Gasteiger partial charge in [-0.1, -0.05) is 0 Å². The van der Waals surface area contributed by atoms with Gasteiger partial charge in [-0.25, -0.2) is 0 Å². The first-order valence-corrected chi connectivity index (χ1v) is 6.82. The van der Waals surface area contributed by atoms with Gasteiger partial charge < -0.3 is 5.32 Å². The number of nitrogens with zero attached hydrogens (tertiary/aromatic N) is 2. The van der Waals surface area contributed by atoms with Crippen LogP contribution in [0.5, 0.6) is 0 Å². The van der Waals surface area contributed by atoms with Crippen molar-refractivity contribution in [2.45, 2.75) is 13.0 Å². The number of aryl methyl sites for hydroxylation is 1. The second-order valence-corrected chi connectivity index (χ2v) is 5.59. The predicted molar refractivity (Wildman–Crippen MR) is 70.6 cm³/mol. The molecule has 0 aliphatic rings. The highest BCUT2D eigenvalue weighted by Crippen LogP contribution is 2.19. The lowest BCUT2D eigenvalue weighted by Crippen LogP contribution is -2.15. The first-order chi connectivity index (χ1) is 7.74. The van der Waals surface area contributed by atoms with E-state index in [1.807, 2.05) is 17.9 Å². The molecule has 86 valence electrons. The molecule has 0 radical (unpaired) electrons. The number of rotatable bonds is 5. The average Bonchev–Trinajstić information content (AvgIpc) is 2.83. The summed E-state index contributed by atoms with van der Waals surface area (Å²) in [4.78, 5) is 1.36. The van der Waals surface area contributed by atoms with Crippen molar-refractivity contribution in [1.29, 1.82) is 0 Å². The number of thiophene rings is 1. The summed E-state index contributed by atoms with van der Waals surface area (Å²) in [7, 11) is 1.94. The number of hydrogen-bond acceptors (Lipinski definition) is 3. The predicted octanol–water partition coefficient (Wildman–Crippen LogP) is 2.58. The monoisotopic (exact) mass is 299 g/mol. The Bertz CT molecular complexity index is 407. The summed E-state index contributed by atoms with van der Waals surface area (Å²) >= 11 is 5.23. The molecule has 0 amide bonds. The zero-order chi connectivity index (χ0) is 11.4. The quantitative estimate of drug-likeness (QED) is 0.860. The van der Waals surface area contributed by atoms with Gasteiger partial charge >= 0.3 is 0 Å². The summed E-state index contributed by atoms with van der Waals surface area (Å²) in [6, 6.07) is 2.15. The van der Waals surface area contributed by atoms with E-state index in [0.29, 0.717) is 0 Å². The Labute approximate surface area is 108 Å². The van der Waals surface area contributed by atoms with Crippen LogP contribution in [-0.4, -0.2) is 16.3 Å². The van der Waals surface area contributed by atoms with Crippen LogP contribution in [0.3, 0.4) is 0 Å². The van der Waals surface area contributed by atoms with Crippen LogP contribution in [0.25, 0.3) is 0 Å². The molecule has 2 aromatic heterocycles. The van der Waals surface area contributed by atoms with Gasteiger partial charge in [0.05, 0.1) is 6.20 Å². The molecule has 0 fully saturated rings. The van der Waals surface area contributed by atoms with Crippen molar-refractivity contribution in [3.63, 3.8) is 0 Å². The minimum Gasteiger partial charge on any atom is -0.312 e. The maximum Gasteiger partial charge on any atom is 0.0522 e. The molecule has 1 N–H and O–H groups in total. The van der Waals surface area contributed by atoms with E-state index >= 15 is 0 Å². The molecule has 16 heavy (non-hydrogen) atoms. The molecule has 2 aromatic rings. The number of halogens is 1. The van der Waals surface area contributed by atoms with Crippen molar-refractivity contribution >= 4 is 27.3 Å². The van der Waals surface area contributed by atoms with Crippen LogP contribution in [0.4, 0.5) is 0 Å². The standard InChI is InChI=1S/C11H14BrN3S/c1-15-7-9(5-14-15)2-3-13-6-11-4-10(12)8-16-11/h4-5,7-8,13H,2-3,6H2,1H3. The smallest absolute Gasteiger partial charge is 0.0522 e. The van der Waals surface area contributed by atoms with E-state index in [1.54, 1.807) is 11.3 Å². The van der Waals surface area contributed by atoms with E-state index in [9.17, 15) is 0 Å². The molecule has 0 unspecified atom stereocenters. The molecule has 0 bridgehead atoms. The normalized spacial score (nSPS) is 10.9. The largest absolute Gasteiger partial charge is 0.312 e. The molecular weight excluding hydrogens is 286 g/mol. The molecule has 2 rings (SSSR count). The molecule has 0 saturated carbocycles. The minimum absolute atomic E-state index is 0.941. The van der Waals surface area contributed by atoms with Crippen LogP contribution < -0.4 is 5.32 Å². The summed E-state index contributed by atoms with van der Waals surface area (Å²) in [5.41, 5.74) is 1.28. The molecule has 0 aliphatic heterocycles. The molecular formula is C11H14BrN3S. The molecule has 0 atom stereocenters. The van der Waals surface area contributed by atoms with Crippen LogP contribution >= 0.6 is 27.3 Å². The maximum absolute atomic E-state index is 4.14. The van der Waals surface area contributed by atoms with Crippen LogP contribution in [0.15, 0.2) is 28.3 Å². The van der Waals surface area contributed by atoms with E-state index in [2.05, 4.69) is 44.0 Å². The average molecular weight is 300 g/mol. The van der Waals surface area contributed by atoms with E-state index in [1.165, 1.54) is 14.9 Å². The van der Waals surface area contributed by atoms with Crippen LogP contribution in [0, 0.1) is 0 Å². The highest BCUT2D eigenvalue weighted by atomic mass is 79.9. The molecule has 3 nitrogen and oxygen atoms in total. The second kappa shape index (κ2) is 5.61. The second-order valence-electron chi connectivity index (χ2n) is 3.68. The van der Waals surface area contributed by atoms with Gasteiger partial charge in [0.15, 0.2) is 0 Å². The topological polar surface area (TPSA) is 29.9 Å². The molecule has 0 aromatic carbocycles. The van der Waals surface area contributed by atoms with Crippen molar-refractivity contribution < 1.29 is 0 Å². The van der Waals surface area contributed by atoms with Crippen molar-refractivity contribution in [3.05, 3.63) is 38.8 Å². The third kappa shape index (κ3) is 3.43. The van der Waals surface area contributed by atoms with Gasteiger partial charge in [-0.3, -0.25) is 4.68 Å². The summed E-state index contributed by atoms with van der Waals surface area (Å²) in [6.07, 6.45) is 5.01. The van der Waals surface area contributed by atoms with Gasteiger partial charge in [-0.15, -0.1) is 11.3 Å². The van der Waals surface area contributed by atoms with Crippen molar-refractivity contribution in [2.75, 3.05) is 6.54 Å². The Morgan fingerprint density at radius 3 is 3.06 bits per heavy atom. The molecule has 0 aliphatic carbocycles. The molecule has 0 saturated heterocycles. The summed E-state index contributed by atoms with van der Waals surface area (Å²) in [5.74, 6) is 0. The van der Waals surface area contributed by atoms with E-state index in [0.717, 1.165) is 19.5 Å². The van der Waals surface area contributed by atoms with Crippen LogP contribution in [0.1, 0.15) is 10.4 Å². The Kier molecular flexibility index (Phi) is 4.15. The Hall–Kier alpha value is -0.650. The minimum atomic E-state index is 0.941. The summed E-state index contributed by atoms with van der Waals surface area (Å²) < 4.78 is 3.01. The lowest BCUT2D eigenvalue weighted by atomic mass is 10.2. The van der Waals surface area contributed by atoms with Crippen LogP contribution in [0.2, 0.25) is 0 Å². The number of aromatic nitrogens is 2. The summed E-state index contributed by atoms with van der Waals surface area (Å²) in [6.45, 7) is 1.93. The van der Waals surface area contributed by atoms with E-state index in [-0.39, 0.29) is 0 Å². The van der Waals surface area contributed by atoms with Gasteiger partial charge in [0, 0.05) is 34.5 Å². The fourth-order valence-corrected chi connectivity index (χ4v) is 2.91. The fourth-order valence-electron chi connectivity index (χ4n) is 1.49. The number of nitrogens with one attached hydrogen (secondary N) is 1. The Balaban J connectivity index is 1.69. The van der Waals surface area contributed by atoms with Crippen molar-refractivity contribution in [1.82, 2.24) is 15.1 Å². The SMILES string of the molecule is Cn1cc(CCNCc2cc(Br)cs2)cn1. The number of hydrogen-bond donors (Lipinski definition) is 1. The Morgan fingerprint density at radius 2 is 2.44 bits per heavy atom. The lowest BCUT2D eigenvalue weighted by Gasteiger charge is -2.00. The van der Waals surface area contributed by atoms with Gasteiger partial charge in [0.2, 0.25) is 0 Å². The van der Waals surface area contributed by atoms with Crippen molar-refractivity contribution in [2.24, 2.45) is 7.05 Å². The van der Waals surface area contributed by atoms with Crippen molar-refractivity contribution in [3.8, 4) is 0 Å². The van der Waals surface area contributed by atoms with Gasteiger partial charge in [0.25, 0.3) is 0 Å². The zero-order valence-corrected chi connectivity index (χ0v) is 11.5. The maximum atomic E-state index is 4.14. The first kappa shape index (κ1) is 11.8. The summed E-state index contributed by atoms with van der Waals surface area (Å²) in [5, 5.41) is 9.68. The molecule has 0 spiro atoms. The Morgan fingerprint density at radius 1 is 1.56 bits per heavy atom. The zero-order valence-electron chi connectivity index (χ0n) is 9.11. The highest BCUT2D eigenvalue weighted by molar-refractivity contribution is 9.10. The van der Waals surface area contributed by atoms with Gasteiger partial charge in [0.1, 0.15) is 0 Å². The fraction of sp³-hybridized carbons (Fsp3) is 0.364. The third-order valence-electron chi connectivity index (χ3n) is 2.27.